The Kier molecular flexibility index (Phi) is 4.28. The first-order chi connectivity index (χ1) is 9.20. The zero-order chi connectivity index (χ0) is 13.7. The Morgan fingerprint density at radius 1 is 1.21 bits per heavy atom. The zero-order valence-electron chi connectivity index (χ0n) is 11.1. The normalized spacial score (nSPS) is 10.3. The minimum Gasteiger partial charge on any atom is -0.369 e. The van der Waals surface area contributed by atoms with Crippen molar-refractivity contribution in [3.8, 4) is 0 Å². The van der Waals surface area contributed by atoms with Crippen molar-refractivity contribution >= 4 is 11.5 Å². The topological polar surface area (TPSA) is 41.1 Å². The van der Waals surface area contributed by atoms with E-state index in [1.54, 1.807) is 24.5 Å². The molecule has 0 atom stereocenters. The monoisotopic (exact) mass is 260 g/mol. The minimum atomic E-state index is -0.234. The summed E-state index contributed by atoms with van der Waals surface area (Å²) < 4.78 is 13.6. The van der Waals surface area contributed by atoms with Gasteiger partial charge in [0.15, 0.2) is 0 Å². The van der Waals surface area contributed by atoms with E-state index in [0.717, 1.165) is 18.1 Å². The van der Waals surface area contributed by atoms with Gasteiger partial charge in [-0.25, -0.2) is 9.37 Å². The van der Waals surface area contributed by atoms with Crippen LogP contribution in [0.5, 0.6) is 0 Å². The summed E-state index contributed by atoms with van der Waals surface area (Å²) in [6.07, 6.45) is 3.39. The summed E-state index contributed by atoms with van der Waals surface area (Å²) in [6, 6.07) is 6.69. The number of anilines is 2. The van der Waals surface area contributed by atoms with E-state index < -0.39 is 0 Å². The van der Waals surface area contributed by atoms with Gasteiger partial charge >= 0.3 is 0 Å². The van der Waals surface area contributed by atoms with Crippen molar-refractivity contribution in [1.29, 1.82) is 0 Å². The maximum Gasteiger partial charge on any atom is 0.146 e. The highest BCUT2D eigenvalue weighted by Crippen LogP contribution is 2.18. The summed E-state index contributed by atoms with van der Waals surface area (Å²) in [5.74, 6) is 0.516. The van der Waals surface area contributed by atoms with Gasteiger partial charge in [0.05, 0.1) is 30.3 Å². The van der Waals surface area contributed by atoms with E-state index in [0.29, 0.717) is 12.2 Å². The smallest absolute Gasteiger partial charge is 0.146 e. The number of benzene rings is 1. The van der Waals surface area contributed by atoms with Crippen molar-refractivity contribution < 1.29 is 4.39 Å². The van der Waals surface area contributed by atoms with Crippen LogP contribution in [0, 0.1) is 5.82 Å². The molecule has 1 heterocycles. The van der Waals surface area contributed by atoms with Gasteiger partial charge in [0.2, 0.25) is 0 Å². The second-order valence-electron chi connectivity index (χ2n) is 4.23. The van der Waals surface area contributed by atoms with Crippen molar-refractivity contribution in [3.63, 3.8) is 0 Å². The van der Waals surface area contributed by atoms with Crippen LogP contribution in [0.3, 0.4) is 0 Å². The lowest BCUT2D eigenvalue weighted by atomic mass is 10.2. The number of halogens is 1. The first kappa shape index (κ1) is 13.3. The van der Waals surface area contributed by atoms with Crippen LogP contribution < -0.4 is 10.2 Å². The Bertz CT molecular complexity index is 527. The highest BCUT2D eigenvalue weighted by molar-refractivity contribution is 5.47. The van der Waals surface area contributed by atoms with Crippen LogP contribution in [0.1, 0.15) is 12.6 Å². The second-order valence-corrected chi connectivity index (χ2v) is 4.23. The van der Waals surface area contributed by atoms with E-state index in [4.69, 9.17) is 0 Å². The summed E-state index contributed by atoms with van der Waals surface area (Å²) in [4.78, 5) is 10.4. The molecule has 5 heteroatoms. The summed E-state index contributed by atoms with van der Waals surface area (Å²) >= 11 is 0. The Morgan fingerprint density at radius 3 is 2.63 bits per heavy atom. The molecule has 100 valence electrons. The van der Waals surface area contributed by atoms with Gasteiger partial charge in [-0.15, -0.1) is 0 Å². The Balaban J connectivity index is 2.06. The first-order valence-electron chi connectivity index (χ1n) is 6.21. The fraction of sp³-hybridized carbons (Fsp3) is 0.286. The quantitative estimate of drug-likeness (QED) is 0.897. The zero-order valence-corrected chi connectivity index (χ0v) is 11.1. The molecule has 1 aromatic carbocycles. The molecule has 0 aliphatic carbocycles. The maximum atomic E-state index is 13.6. The molecular weight excluding hydrogens is 243 g/mol. The Morgan fingerprint density at radius 2 is 2.00 bits per heavy atom. The molecule has 19 heavy (non-hydrogen) atoms. The SMILES string of the molecule is CCNc1cnc(CN(C)c2ccccc2F)cn1. The third-order valence-corrected chi connectivity index (χ3v) is 2.73. The van der Waals surface area contributed by atoms with Crippen LogP contribution in [0.15, 0.2) is 36.7 Å². The van der Waals surface area contributed by atoms with Crippen LogP contribution in [0.4, 0.5) is 15.9 Å². The summed E-state index contributed by atoms with van der Waals surface area (Å²) in [5.41, 5.74) is 1.35. The second kappa shape index (κ2) is 6.13. The third kappa shape index (κ3) is 3.40. The molecule has 1 N–H and O–H groups in total. The fourth-order valence-electron chi connectivity index (χ4n) is 1.80. The molecule has 0 bridgehead atoms. The number of rotatable bonds is 5. The van der Waals surface area contributed by atoms with Crippen LogP contribution in [-0.2, 0) is 6.54 Å². The van der Waals surface area contributed by atoms with E-state index in [9.17, 15) is 4.39 Å². The van der Waals surface area contributed by atoms with Crippen molar-refractivity contribution in [3.05, 3.63) is 48.2 Å². The lowest BCUT2D eigenvalue weighted by molar-refractivity contribution is 0.621. The molecule has 0 aliphatic heterocycles. The van der Waals surface area contributed by atoms with Gasteiger partial charge in [-0.3, -0.25) is 4.98 Å². The molecule has 0 aliphatic rings. The molecule has 0 spiro atoms. The van der Waals surface area contributed by atoms with Gasteiger partial charge in [-0.05, 0) is 19.1 Å². The van der Waals surface area contributed by atoms with E-state index >= 15 is 0 Å². The molecule has 0 saturated heterocycles. The predicted octanol–water partition coefficient (Wildman–Crippen LogP) is 2.68. The van der Waals surface area contributed by atoms with Gasteiger partial charge in [-0.2, -0.15) is 0 Å². The van der Waals surface area contributed by atoms with Crippen molar-refractivity contribution in [2.24, 2.45) is 0 Å². The summed E-state index contributed by atoms with van der Waals surface area (Å²) in [7, 11) is 1.83. The Labute approximate surface area is 112 Å². The van der Waals surface area contributed by atoms with Crippen molar-refractivity contribution in [2.75, 3.05) is 23.8 Å². The third-order valence-electron chi connectivity index (χ3n) is 2.73. The number of nitrogens with one attached hydrogen (secondary N) is 1. The fourth-order valence-corrected chi connectivity index (χ4v) is 1.80. The molecule has 0 saturated carbocycles. The number of aromatic nitrogens is 2. The molecule has 0 amide bonds. The van der Waals surface area contributed by atoms with E-state index in [-0.39, 0.29) is 5.82 Å². The number of nitrogens with zero attached hydrogens (tertiary/aromatic N) is 3. The van der Waals surface area contributed by atoms with Crippen molar-refractivity contribution in [2.45, 2.75) is 13.5 Å². The molecule has 2 rings (SSSR count). The van der Waals surface area contributed by atoms with E-state index in [1.807, 2.05) is 24.9 Å². The highest BCUT2D eigenvalue weighted by Gasteiger charge is 2.08. The maximum absolute atomic E-state index is 13.6. The molecule has 0 radical (unpaired) electrons. The largest absolute Gasteiger partial charge is 0.369 e. The number of hydrogen-bond donors (Lipinski definition) is 1. The average molecular weight is 260 g/mol. The molecular formula is C14H17FN4. The van der Waals surface area contributed by atoms with E-state index in [1.165, 1.54) is 6.07 Å². The van der Waals surface area contributed by atoms with Crippen LogP contribution in [0.25, 0.3) is 0 Å². The molecule has 2 aromatic rings. The van der Waals surface area contributed by atoms with Crippen LogP contribution in [-0.4, -0.2) is 23.6 Å². The molecule has 0 fully saturated rings. The summed E-state index contributed by atoms with van der Waals surface area (Å²) in [5, 5.41) is 3.08. The van der Waals surface area contributed by atoms with Gasteiger partial charge < -0.3 is 10.2 Å². The first-order valence-corrected chi connectivity index (χ1v) is 6.21. The van der Waals surface area contributed by atoms with Crippen LogP contribution in [0.2, 0.25) is 0 Å². The summed E-state index contributed by atoms with van der Waals surface area (Å²) in [6.45, 7) is 3.32. The van der Waals surface area contributed by atoms with Crippen molar-refractivity contribution in [1.82, 2.24) is 9.97 Å². The minimum absolute atomic E-state index is 0.234. The van der Waals surface area contributed by atoms with Gasteiger partial charge in [-0.1, -0.05) is 12.1 Å². The van der Waals surface area contributed by atoms with Crippen LogP contribution >= 0.6 is 0 Å². The Hall–Kier alpha value is -2.17. The highest BCUT2D eigenvalue weighted by atomic mass is 19.1. The molecule has 1 aromatic heterocycles. The predicted molar refractivity (Wildman–Crippen MR) is 74.7 cm³/mol. The number of para-hydroxylation sites is 1. The number of hydrogen-bond acceptors (Lipinski definition) is 4. The standard InChI is InChI=1S/C14H17FN4/c1-3-16-14-9-17-11(8-18-14)10-19(2)13-7-5-4-6-12(13)15/h4-9H,3,10H2,1-2H3,(H,16,18). The molecule has 4 nitrogen and oxygen atoms in total. The lowest BCUT2D eigenvalue weighted by Crippen LogP contribution is -2.18. The van der Waals surface area contributed by atoms with Gasteiger partial charge in [0.25, 0.3) is 0 Å². The lowest BCUT2D eigenvalue weighted by Gasteiger charge is -2.19. The van der Waals surface area contributed by atoms with Gasteiger partial charge in [0, 0.05) is 13.6 Å². The molecule has 0 unspecified atom stereocenters. The average Bonchev–Trinajstić information content (AvgIpc) is 2.42. The van der Waals surface area contributed by atoms with E-state index in [2.05, 4.69) is 15.3 Å². The van der Waals surface area contributed by atoms with Gasteiger partial charge in [0.1, 0.15) is 11.6 Å².